The van der Waals surface area contributed by atoms with Crippen LogP contribution < -0.4 is 5.32 Å². The van der Waals surface area contributed by atoms with Crippen molar-refractivity contribution in [2.24, 2.45) is 12.5 Å². The predicted octanol–water partition coefficient (Wildman–Crippen LogP) is -0.200. The number of carboxylic acids is 1. The van der Waals surface area contributed by atoms with Gasteiger partial charge < -0.3 is 10.4 Å². The van der Waals surface area contributed by atoms with E-state index in [2.05, 4.69) is 10.4 Å². The molecule has 2 N–H and O–H groups in total. The molecule has 1 rings (SSSR count). The van der Waals surface area contributed by atoms with Gasteiger partial charge in [-0.15, -0.1) is 0 Å². The van der Waals surface area contributed by atoms with Crippen molar-refractivity contribution in [2.75, 3.05) is 7.05 Å². The van der Waals surface area contributed by atoms with Crippen molar-refractivity contribution in [3.8, 4) is 0 Å². The number of hydrogen-bond acceptors (Lipinski definition) is 3. The molecule has 16 heavy (non-hydrogen) atoms. The third-order valence-corrected chi connectivity index (χ3v) is 2.50. The Morgan fingerprint density at radius 3 is 2.62 bits per heavy atom. The largest absolute Gasteiger partial charge is 0.480 e. The van der Waals surface area contributed by atoms with Crippen LogP contribution in [0.15, 0.2) is 12.3 Å². The van der Waals surface area contributed by atoms with E-state index in [0.29, 0.717) is 5.69 Å². The Hall–Kier alpha value is -1.85. The van der Waals surface area contributed by atoms with E-state index in [4.69, 9.17) is 5.11 Å². The highest BCUT2D eigenvalue weighted by Crippen LogP contribution is 2.22. The standard InChI is InChI=1S/C10H15N3O3/c1-10(9(15)16,8(14)11-2)6-7-4-5-13(3)12-7/h4-5H,6H2,1-3H3,(H,11,14)(H,15,16). The lowest BCUT2D eigenvalue weighted by molar-refractivity contribution is -0.154. The summed E-state index contributed by atoms with van der Waals surface area (Å²) in [5.41, 5.74) is -0.903. The molecule has 0 bridgehead atoms. The summed E-state index contributed by atoms with van der Waals surface area (Å²) >= 11 is 0. The number of amides is 1. The van der Waals surface area contributed by atoms with E-state index < -0.39 is 17.3 Å². The molecule has 0 radical (unpaired) electrons. The van der Waals surface area contributed by atoms with Crippen molar-refractivity contribution in [2.45, 2.75) is 13.3 Å². The van der Waals surface area contributed by atoms with Gasteiger partial charge in [-0.05, 0) is 13.0 Å². The summed E-state index contributed by atoms with van der Waals surface area (Å²) in [7, 11) is 3.16. The Morgan fingerprint density at radius 1 is 1.62 bits per heavy atom. The van der Waals surface area contributed by atoms with Gasteiger partial charge in [-0.3, -0.25) is 14.3 Å². The Kier molecular flexibility index (Phi) is 3.31. The van der Waals surface area contributed by atoms with Gasteiger partial charge in [0.2, 0.25) is 5.91 Å². The minimum atomic E-state index is -1.48. The zero-order valence-corrected chi connectivity index (χ0v) is 9.52. The number of aliphatic carboxylic acids is 1. The summed E-state index contributed by atoms with van der Waals surface area (Å²) in [4.78, 5) is 22.7. The fraction of sp³-hybridized carbons (Fsp3) is 0.500. The number of hydrogen-bond donors (Lipinski definition) is 2. The second-order valence-corrected chi connectivity index (χ2v) is 3.87. The van der Waals surface area contributed by atoms with Crippen LogP contribution in [0, 0.1) is 5.41 Å². The summed E-state index contributed by atoms with van der Waals surface area (Å²) in [6.07, 6.45) is 1.78. The lowest BCUT2D eigenvalue weighted by Gasteiger charge is -2.21. The smallest absolute Gasteiger partial charge is 0.319 e. The fourth-order valence-corrected chi connectivity index (χ4v) is 1.45. The Bertz CT molecular complexity index is 413. The van der Waals surface area contributed by atoms with Crippen molar-refractivity contribution in [1.29, 1.82) is 0 Å². The Balaban J connectivity index is 2.96. The van der Waals surface area contributed by atoms with E-state index >= 15 is 0 Å². The van der Waals surface area contributed by atoms with Crippen molar-refractivity contribution in [3.05, 3.63) is 18.0 Å². The predicted molar refractivity (Wildman–Crippen MR) is 56.7 cm³/mol. The molecule has 0 fully saturated rings. The zero-order valence-electron chi connectivity index (χ0n) is 9.52. The van der Waals surface area contributed by atoms with Gasteiger partial charge in [0.05, 0.1) is 5.69 Å². The molecule has 1 amide bonds. The van der Waals surface area contributed by atoms with Crippen LogP contribution in [0.5, 0.6) is 0 Å². The highest BCUT2D eigenvalue weighted by molar-refractivity contribution is 6.01. The molecule has 6 heteroatoms. The molecule has 0 aliphatic heterocycles. The molecule has 6 nitrogen and oxygen atoms in total. The molecular formula is C10H15N3O3. The molecule has 1 aromatic heterocycles. The summed E-state index contributed by atoms with van der Waals surface area (Å²) in [6, 6.07) is 1.70. The molecule has 0 aliphatic rings. The van der Waals surface area contributed by atoms with Crippen molar-refractivity contribution in [1.82, 2.24) is 15.1 Å². The van der Waals surface area contributed by atoms with E-state index in [1.54, 1.807) is 24.0 Å². The van der Waals surface area contributed by atoms with Gasteiger partial charge in [-0.25, -0.2) is 0 Å². The van der Waals surface area contributed by atoms with E-state index in [1.807, 2.05) is 0 Å². The minimum absolute atomic E-state index is 0.0723. The number of aryl methyl sites for hydroxylation is 1. The molecular weight excluding hydrogens is 210 g/mol. The van der Waals surface area contributed by atoms with Crippen LogP contribution in [0.25, 0.3) is 0 Å². The number of carbonyl (C=O) groups is 2. The molecule has 0 saturated heterocycles. The first-order valence-electron chi connectivity index (χ1n) is 4.84. The molecule has 1 heterocycles. The molecule has 0 saturated carbocycles. The summed E-state index contributed by atoms with van der Waals surface area (Å²) in [5.74, 6) is -1.68. The van der Waals surface area contributed by atoms with Crippen LogP contribution >= 0.6 is 0 Å². The molecule has 1 atom stereocenters. The number of aromatic nitrogens is 2. The topological polar surface area (TPSA) is 84.2 Å². The molecule has 0 spiro atoms. The van der Waals surface area contributed by atoms with Gasteiger partial charge in [0, 0.05) is 26.7 Å². The van der Waals surface area contributed by atoms with E-state index in [0.717, 1.165) is 0 Å². The quantitative estimate of drug-likeness (QED) is 0.695. The van der Waals surface area contributed by atoms with Crippen LogP contribution in [0.3, 0.4) is 0 Å². The van der Waals surface area contributed by atoms with Gasteiger partial charge in [0.25, 0.3) is 0 Å². The Morgan fingerprint density at radius 2 is 2.25 bits per heavy atom. The molecule has 0 aliphatic carbocycles. The van der Waals surface area contributed by atoms with Crippen LogP contribution in [-0.4, -0.2) is 33.8 Å². The second kappa shape index (κ2) is 4.34. The molecule has 88 valence electrons. The second-order valence-electron chi connectivity index (χ2n) is 3.87. The van der Waals surface area contributed by atoms with E-state index in [9.17, 15) is 9.59 Å². The van der Waals surface area contributed by atoms with Crippen LogP contribution in [0.4, 0.5) is 0 Å². The number of nitrogens with one attached hydrogen (secondary N) is 1. The number of carbonyl (C=O) groups excluding carboxylic acids is 1. The van der Waals surface area contributed by atoms with Gasteiger partial charge in [-0.1, -0.05) is 0 Å². The van der Waals surface area contributed by atoms with Crippen LogP contribution in [0.1, 0.15) is 12.6 Å². The zero-order chi connectivity index (χ0) is 12.3. The maximum absolute atomic E-state index is 11.6. The monoisotopic (exact) mass is 225 g/mol. The lowest BCUT2D eigenvalue weighted by Crippen LogP contribution is -2.44. The van der Waals surface area contributed by atoms with Crippen molar-refractivity contribution < 1.29 is 14.7 Å². The molecule has 1 aromatic rings. The van der Waals surface area contributed by atoms with Gasteiger partial charge in [0.15, 0.2) is 0 Å². The normalized spacial score (nSPS) is 14.2. The number of nitrogens with zero attached hydrogens (tertiary/aromatic N) is 2. The van der Waals surface area contributed by atoms with E-state index in [1.165, 1.54) is 14.0 Å². The van der Waals surface area contributed by atoms with Crippen molar-refractivity contribution in [3.63, 3.8) is 0 Å². The van der Waals surface area contributed by atoms with Crippen molar-refractivity contribution >= 4 is 11.9 Å². The SMILES string of the molecule is CNC(=O)C(C)(Cc1ccn(C)n1)C(=O)O. The Labute approximate surface area is 93.3 Å². The highest BCUT2D eigenvalue weighted by Gasteiger charge is 2.41. The summed E-state index contributed by atoms with van der Waals surface area (Å²) < 4.78 is 1.57. The average Bonchev–Trinajstić information content (AvgIpc) is 2.62. The fourth-order valence-electron chi connectivity index (χ4n) is 1.45. The number of carboxylic acid groups (broad SMARTS) is 1. The first-order valence-corrected chi connectivity index (χ1v) is 4.84. The highest BCUT2D eigenvalue weighted by atomic mass is 16.4. The van der Waals surface area contributed by atoms with E-state index in [-0.39, 0.29) is 6.42 Å². The third-order valence-electron chi connectivity index (χ3n) is 2.50. The van der Waals surface area contributed by atoms with Crippen LogP contribution in [0.2, 0.25) is 0 Å². The molecule has 0 aromatic carbocycles. The van der Waals surface area contributed by atoms with Gasteiger partial charge >= 0.3 is 5.97 Å². The minimum Gasteiger partial charge on any atom is -0.480 e. The third kappa shape index (κ3) is 2.21. The maximum atomic E-state index is 11.6. The van der Waals surface area contributed by atoms with Gasteiger partial charge in [-0.2, -0.15) is 5.10 Å². The summed E-state index contributed by atoms with van der Waals surface area (Å²) in [5, 5.41) is 15.5. The average molecular weight is 225 g/mol. The molecule has 1 unspecified atom stereocenters. The maximum Gasteiger partial charge on any atom is 0.319 e. The summed E-state index contributed by atoms with van der Waals surface area (Å²) in [6.45, 7) is 1.39. The van der Waals surface area contributed by atoms with Gasteiger partial charge in [0.1, 0.15) is 5.41 Å². The first-order chi connectivity index (χ1) is 7.40. The lowest BCUT2D eigenvalue weighted by atomic mass is 9.84. The first kappa shape index (κ1) is 12.2. The number of rotatable bonds is 4. The van der Waals surface area contributed by atoms with Crippen LogP contribution in [-0.2, 0) is 23.1 Å².